The van der Waals surface area contributed by atoms with E-state index in [1.165, 1.54) is 12.8 Å². The summed E-state index contributed by atoms with van der Waals surface area (Å²) in [5, 5.41) is 0. The third-order valence-corrected chi connectivity index (χ3v) is 4.46. The van der Waals surface area contributed by atoms with E-state index in [1.54, 1.807) is 4.90 Å². The monoisotopic (exact) mass is 286 g/mol. The number of carbonyl (C=O) groups is 2. The fourth-order valence-electron chi connectivity index (χ4n) is 3.28. The van der Waals surface area contributed by atoms with Crippen LogP contribution in [-0.4, -0.2) is 36.3 Å². The summed E-state index contributed by atoms with van der Waals surface area (Å²) in [4.78, 5) is 28.5. The van der Waals surface area contributed by atoms with Crippen LogP contribution >= 0.6 is 0 Å². The van der Waals surface area contributed by atoms with Crippen molar-refractivity contribution in [2.45, 2.75) is 32.1 Å². The highest BCUT2D eigenvalue weighted by Crippen LogP contribution is 2.26. The molecule has 4 nitrogen and oxygen atoms in total. The molecule has 0 N–H and O–H groups in total. The molecule has 1 atom stereocenters. The van der Waals surface area contributed by atoms with Crippen LogP contribution in [0.1, 0.15) is 32.1 Å². The molecule has 0 spiro atoms. The Balaban J connectivity index is 1.67. The number of rotatable bonds is 2. The highest BCUT2D eigenvalue weighted by molar-refractivity contribution is 6.00. The predicted octanol–water partition coefficient (Wildman–Crippen LogP) is 2.44. The van der Waals surface area contributed by atoms with Crippen molar-refractivity contribution in [1.29, 1.82) is 0 Å². The fourth-order valence-corrected chi connectivity index (χ4v) is 3.28. The third-order valence-electron chi connectivity index (χ3n) is 4.46. The van der Waals surface area contributed by atoms with E-state index in [0.717, 1.165) is 31.6 Å². The number of para-hydroxylation sites is 1. The van der Waals surface area contributed by atoms with Gasteiger partial charge in [0.15, 0.2) is 0 Å². The van der Waals surface area contributed by atoms with Crippen molar-refractivity contribution < 1.29 is 9.59 Å². The van der Waals surface area contributed by atoms with Gasteiger partial charge < -0.3 is 9.80 Å². The Kier molecular flexibility index (Phi) is 4.23. The first kappa shape index (κ1) is 14.1. The van der Waals surface area contributed by atoms with Gasteiger partial charge in [-0.15, -0.1) is 0 Å². The molecular formula is C17H22N2O2. The number of nitrogens with zero attached hydrogens (tertiary/aromatic N) is 2. The average Bonchev–Trinajstić information content (AvgIpc) is 2.74. The zero-order valence-electron chi connectivity index (χ0n) is 12.3. The molecule has 2 heterocycles. The quantitative estimate of drug-likeness (QED) is 0.838. The molecule has 0 radical (unpaired) electrons. The van der Waals surface area contributed by atoms with Crippen molar-refractivity contribution >= 4 is 17.5 Å². The van der Waals surface area contributed by atoms with Gasteiger partial charge in [0.25, 0.3) is 0 Å². The van der Waals surface area contributed by atoms with Gasteiger partial charge in [-0.3, -0.25) is 9.59 Å². The summed E-state index contributed by atoms with van der Waals surface area (Å²) in [6.07, 6.45) is 4.96. The van der Waals surface area contributed by atoms with Gasteiger partial charge in [0.2, 0.25) is 11.8 Å². The molecule has 2 aliphatic rings. The van der Waals surface area contributed by atoms with Gasteiger partial charge in [-0.1, -0.05) is 31.0 Å². The van der Waals surface area contributed by atoms with Crippen LogP contribution in [0.5, 0.6) is 0 Å². The SMILES string of the molecule is O=C([C@H]1CC(=O)N(c2ccccc2)C1)N1CCCCCC1. The highest BCUT2D eigenvalue weighted by atomic mass is 16.2. The number of anilines is 1. The van der Waals surface area contributed by atoms with E-state index >= 15 is 0 Å². The molecule has 1 aromatic rings. The minimum absolute atomic E-state index is 0.0642. The Morgan fingerprint density at radius 1 is 1.00 bits per heavy atom. The summed E-state index contributed by atoms with van der Waals surface area (Å²) < 4.78 is 0. The van der Waals surface area contributed by atoms with Crippen molar-refractivity contribution in [2.75, 3.05) is 24.5 Å². The lowest BCUT2D eigenvalue weighted by molar-refractivity contribution is -0.135. The van der Waals surface area contributed by atoms with Crippen LogP contribution in [-0.2, 0) is 9.59 Å². The van der Waals surface area contributed by atoms with Crippen molar-refractivity contribution in [2.24, 2.45) is 5.92 Å². The molecule has 112 valence electrons. The Hall–Kier alpha value is -1.84. The van der Waals surface area contributed by atoms with E-state index in [1.807, 2.05) is 35.2 Å². The van der Waals surface area contributed by atoms with Gasteiger partial charge >= 0.3 is 0 Å². The van der Waals surface area contributed by atoms with Crippen molar-refractivity contribution in [3.63, 3.8) is 0 Å². The van der Waals surface area contributed by atoms with Crippen molar-refractivity contribution in [1.82, 2.24) is 4.90 Å². The van der Waals surface area contributed by atoms with Crippen molar-refractivity contribution in [3.8, 4) is 0 Å². The second-order valence-electron chi connectivity index (χ2n) is 5.98. The molecule has 21 heavy (non-hydrogen) atoms. The van der Waals surface area contributed by atoms with Crippen LogP contribution in [0, 0.1) is 5.92 Å². The zero-order chi connectivity index (χ0) is 14.7. The Labute approximate surface area is 125 Å². The molecule has 0 unspecified atom stereocenters. The van der Waals surface area contributed by atoms with Gasteiger partial charge in [0, 0.05) is 31.7 Å². The molecule has 0 aliphatic carbocycles. The number of benzene rings is 1. The van der Waals surface area contributed by atoms with E-state index in [-0.39, 0.29) is 17.7 Å². The molecule has 0 saturated carbocycles. The minimum atomic E-state index is -0.171. The predicted molar refractivity (Wildman–Crippen MR) is 82.0 cm³/mol. The molecule has 2 saturated heterocycles. The summed E-state index contributed by atoms with van der Waals surface area (Å²) in [5.74, 6) is 0.0638. The maximum Gasteiger partial charge on any atom is 0.228 e. The fraction of sp³-hybridized carbons (Fsp3) is 0.529. The summed E-state index contributed by atoms with van der Waals surface area (Å²) in [6.45, 7) is 2.24. The topological polar surface area (TPSA) is 40.6 Å². The number of carbonyl (C=O) groups excluding carboxylic acids is 2. The van der Waals surface area contributed by atoms with Gasteiger partial charge in [-0.25, -0.2) is 0 Å². The molecular weight excluding hydrogens is 264 g/mol. The standard InChI is InChI=1S/C17H22N2O2/c20-16-12-14(13-19(16)15-8-4-3-5-9-15)17(21)18-10-6-1-2-7-11-18/h3-5,8-9,14H,1-2,6-7,10-13H2/t14-/m0/s1. The Morgan fingerprint density at radius 3 is 2.33 bits per heavy atom. The lowest BCUT2D eigenvalue weighted by Crippen LogP contribution is -2.38. The van der Waals surface area contributed by atoms with Crippen molar-refractivity contribution in [3.05, 3.63) is 30.3 Å². The van der Waals surface area contributed by atoms with E-state index in [0.29, 0.717) is 13.0 Å². The molecule has 4 heteroatoms. The first-order chi connectivity index (χ1) is 10.3. The van der Waals surface area contributed by atoms with Crippen LogP contribution in [0.15, 0.2) is 30.3 Å². The van der Waals surface area contributed by atoms with E-state index in [4.69, 9.17) is 0 Å². The summed E-state index contributed by atoms with van der Waals surface area (Å²) in [7, 11) is 0. The van der Waals surface area contributed by atoms with Gasteiger partial charge in [-0.05, 0) is 25.0 Å². The Morgan fingerprint density at radius 2 is 1.67 bits per heavy atom. The van der Waals surface area contributed by atoms with Gasteiger partial charge in [-0.2, -0.15) is 0 Å². The smallest absolute Gasteiger partial charge is 0.228 e. The van der Waals surface area contributed by atoms with Crippen LogP contribution in [0.2, 0.25) is 0 Å². The number of hydrogen-bond acceptors (Lipinski definition) is 2. The maximum absolute atomic E-state index is 12.6. The summed E-state index contributed by atoms with van der Waals surface area (Å²) in [5.41, 5.74) is 0.897. The van der Waals surface area contributed by atoms with E-state index < -0.39 is 0 Å². The molecule has 3 rings (SSSR count). The largest absolute Gasteiger partial charge is 0.342 e. The number of likely N-dealkylation sites (tertiary alicyclic amines) is 1. The average molecular weight is 286 g/mol. The number of hydrogen-bond donors (Lipinski definition) is 0. The molecule has 0 bridgehead atoms. The summed E-state index contributed by atoms with van der Waals surface area (Å²) in [6, 6.07) is 9.64. The lowest BCUT2D eigenvalue weighted by Gasteiger charge is -2.24. The normalized spacial score (nSPS) is 23.2. The minimum Gasteiger partial charge on any atom is -0.342 e. The molecule has 0 aromatic heterocycles. The van der Waals surface area contributed by atoms with E-state index in [9.17, 15) is 9.59 Å². The lowest BCUT2D eigenvalue weighted by atomic mass is 10.1. The zero-order valence-corrected chi connectivity index (χ0v) is 12.3. The van der Waals surface area contributed by atoms with Gasteiger partial charge in [0.1, 0.15) is 0 Å². The molecule has 1 aromatic carbocycles. The summed E-state index contributed by atoms with van der Waals surface area (Å²) >= 11 is 0. The second kappa shape index (κ2) is 6.29. The molecule has 2 amide bonds. The van der Waals surface area contributed by atoms with E-state index in [2.05, 4.69) is 0 Å². The third kappa shape index (κ3) is 3.09. The molecule has 2 fully saturated rings. The molecule has 2 aliphatic heterocycles. The maximum atomic E-state index is 12.6. The Bertz CT molecular complexity index is 507. The highest BCUT2D eigenvalue weighted by Gasteiger charge is 2.37. The van der Waals surface area contributed by atoms with Crippen LogP contribution in [0.25, 0.3) is 0 Å². The first-order valence-corrected chi connectivity index (χ1v) is 7.90. The number of amides is 2. The van der Waals surface area contributed by atoms with Crippen LogP contribution < -0.4 is 4.90 Å². The van der Waals surface area contributed by atoms with Gasteiger partial charge in [0.05, 0.1) is 5.92 Å². The van der Waals surface area contributed by atoms with Crippen LogP contribution in [0.4, 0.5) is 5.69 Å². The first-order valence-electron chi connectivity index (χ1n) is 7.90. The van der Waals surface area contributed by atoms with Crippen LogP contribution in [0.3, 0.4) is 0 Å². The second-order valence-corrected chi connectivity index (χ2v) is 5.98.